The van der Waals surface area contributed by atoms with Crippen LogP contribution in [-0.4, -0.2) is 34.2 Å². The van der Waals surface area contributed by atoms with Gasteiger partial charge < -0.3 is 4.90 Å². The first kappa shape index (κ1) is 13.3. The number of piperidine rings is 1. The summed E-state index contributed by atoms with van der Waals surface area (Å²) in [6.07, 6.45) is 2.05. The van der Waals surface area contributed by atoms with E-state index in [-0.39, 0.29) is 6.03 Å². The molecule has 1 aromatic rings. The third-order valence-electron chi connectivity index (χ3n) is 3.14. The van der Waals surface area contributed by atoms with Gasteiger partial charge in [0.1, 0.15) is 5.01 Å². The zero-order valence-electron chi connectivity index (χ0n) is 11.1. The number of urea groups is 1. The summed E-state index contributed by atoms with van der Waals surface area (Å²) in [7, 11) is 0. The highest BCUT2D eigenvalue weighted by Gasteiger charge is 2.25. The molecular formula is C12H20N4OS. The molecule has 6 heteroatoms. The molecule has 0 spiro atoms. The number of amides is 2. The zero-order valence-corrected chi connectivity index (χ0v) is 12.0. The van der Waals surface area contributed by atoms with Crippen molar-refractivity contribution < 1.29 is 4.79 Å². The van der Waals surface area contributed by atoms with Crippen LogP contribution in [0.2, 0.25) is 0 Å². The van der Waals surface area contributed by atoms with Crippen LogP contribution in [0.25, 0.3) is 0 Å². The molecule has 2 heterocycles. The zero-order chi connectivity index (χ0) is 13.1. The number of carbonyl (C=O) groups excluding carboxylic acids is 1. The Hall–Kier alpha value is -1.17. The molecule has 1 aromatic heterocycles. The van der Waals surface area contributed by atoms with Crippen LogP contribution in [0.15, 0.2) is 0 Å². The van der Waals surface area contributed by atoms with E-state index in [0.717, 1.165) is 24.5 Å². The molecule has 0 radical (unpaired) electrons. The lowest BCUT2D eigenvalue weighted by Crippen LogP contribution is -2.44. The summed E-state index contributed by atoms with van der Waals surface area (Å²) >= 11 is 1.45. The standard InChI is InChI=1S/C12H20N4OS/c1-4-10-14-15-11(18-10)13-12(17)16-6-8(2)5-9(3)7-16/h8-9H,4-7H2,1-3H3,(H,13,15,17). The van der Waals surface area contributed by atoms with E-state index in [0.29, 0.717) is 17.0 Å². The van der Waals surface area contributed by atoms with Crippen molar-refractivity contribution in [1.82, 2.24) is 15.1 Å². The Morgan fingerprint density at radius 2 is 2.06 bits per heavy atom. The first-order chi connectivity index (χ1) is 8.58. The van der Waals surface area contributed by atoms with Gasteiger partial charge in [-0.15, -0.1) is 10.2 Å². The lowest BCUT2D eigenvalue weighted by molar-refractivity contribution is 0.156. The molecule has 2 amide bonds. The van der Waals surface area contributed by atoms with E-state index >= 15 is 0 Å². The van der Waals surface area contributed by atoms with Crippen molar-refractivity contribution in [2.75, 3.05) is 18.4 Å². The first-order valence-electron chi connectivity index (χ1n) is 6.46. The lowest BCUT2D eigenvalue weighted by Gasteiger charge is -2.34. The van der Waals surface area contributed by atoms with Gasteiger partial charge in [0.25, 0.3) is 0 Å². The fraction of sp³-hybridized carbons (Fsp3) is 0.750. The summed E-state index contributed by atoms with van der Waals surface area (Å²) in [6, 6.07) is -0.0489. The molecule has 2 atom stereocenters. The fourth-order valence-electron chi connectivity index (χ4n) is 2.45. The fourth-order valence-corrected chi connectivity index (χ4v) is 3.12. The highest BCUT2D eigenvalue weighted by atomic mass is 32.1. The van der Waals surface area contributed by atoms with Crippen LogP contribution in [0.5, 0.6) is 0 Å². The molecule has 1 fully saturated rings. The minimum absolute atomic E-state index is 0.0489. The number of aryl methyl sites for hydroxylation is 1. The summed E-state index contributed by atoms with van der Waals surface area (Å²) in [4.78, 5) is 14.0. The number of nitrogens with zero attached hydrogens (tertiary/aromatic N) is 3. The van der Waals surface area contributed by atoms with Gasteiger partial charge in [0.05, 0.1) is 0 Å². The maximum Gasteiger partial charge on any atom is 0.323 e. The summed E-state index contributed by atoms with van der Waals surface area (Å²) in [5.41, 5.74) is 0. The van der Waals surface area contributed by atoms with E-state index in [4.69, 9.17) is 0 Å². The smallest absolute Gasteiger partial charge is 0.323 e. The van der Waals surface area contributed by atoms with E-state index in [1.807, 2.05) is 11.8 Å². The van der Waals surface area contributed by atoms with E-state index in [1.54, 1.807) is 0 Å². The van der Waals surface area contributed by atoms with Gasteiger partial charge in [-0.1, -0.05) is 32.1 Å². The lowest BCUT2D eigenvalue weighted by atomic mass is 9.92. The van der Waals surface area contributed by atoms with Gasteiger partial charge in [-0.3, -0.25) is 5.32 Å². The second kappa shape index (κ2) is 5.65. The van der Waals surface area contributed by atoms with Crippen LogP contribution >= 0.6 is 11.3 Å². The molecule has 0 saturated carbocycles. The Bertz CT molecular complexity index is 410. The SMILES string of the molecule is CCc1nnc(NC(=O)N2CC(C)CC(C)C2)s1. The van der Waals surface area contributed by atoms with Crippen molar-refractivity contribution in [2.24, 2.45) is 11.8 Å². The van der Waals surface area contributed by atoms with Crippen LogP contribution in [0.4, 0.5) is 9.93 Å². The van der Waals surface area contributed by atoms with Gasteiger partial charge in [-0.05, 0) is 24.7 Å². The van der Waals surface area contributed by atoms with Crippen molar-refractivity contribution in [3.05, 3.63) is 5.01 Å². The highest BCUT2D eigenvalue weighted by Crippen LogP contribution is 2.22. The monoisotopic (exact) mass is 268 g/mol. The molecule has 2 rings (SSSR count). The maximum absolute atomic E-state index is 12.1. The maximum atomic E-state index is 12.1. The van der Waals surface area contributed by atoms with Gasteiger partial charge in [0, 0.05) is 13.1 Å². The first-order valence-corrected chi connectivity index (χ1v) is 7.28. The minimum Gasteiger partial charge on any atom is -0.324 e. The number of likely N-dealkylation sites (tertiary alicyclic amines) is 1. The van der Waals surface area contributed by atoms with Gasteiger partial charge in [0.15, 0.2) is 0 Å². The van der Waals surface area contributed by atoms with Crippen LogP contribution in [0, 0.1) is 11.8 Å². The molecule has 0 aromatic carbocycles. The van der Waals surface area contributed by atoms with Gasteiger partial charge >= 0.3 is 6.03 Å². The molecule has 2 unspecified atom stereocenters. The second-order valence-electron chi connectivity index (χ2n) is 5.14. The summed E-state index contributed by atoms with van der Waals surface area (Å²) < 4.78 is 0. The number of aromatic nitrogens is 2. The predicted octanol–water partition coefficient (Wildman–Crippen LogP) is 2.61. The summed E-state index contributed by atoms with van der Waals surface area (Å²) in [5.74, 6) is 1.14. The summed E-state index contributed by atoms with van der Waals surface area (Å²) in [6.45, 7) is 8.07. The summed E-state index contributed by atoms with van der Waals surface area (Å²) in [5, 5.41) is 12.4. The number of nitrogens with one attached hydrogen (secondary N) is 1. The number of carbonyl (C=O) groups is 1. The van der Waals surface area contributed by atoms with Gasteiger partial charge in [-0.2, -0.15) is 0 Å². The minimum atomic E-state index is -0.0489. The van der Waals surface area contributed by atoms with Crippen molar-refractivity contribution in [3.63, 3.8) is 0 Å². The van der Waals surface area contributed by atoms with Crippen molar-refractivity contribution in [1.29, 1.82) is 0 Å². The number of rotatable bonds is 2. The molecular weight excluding hydrogens is 248 g/mol. The molecule has 1 saturated heterocycles. The van der Waals surface area contributed by atoms with E-state index in [9.17, 15) is 4.79 Å². The Morgan fingerprint density at radius 3 is 2.61 bits per heavy atom. The Morgan fingerprint density at radius 1 is 1.39 bits per heavy atom. The van der Waals surface area contributed by atoms with Crippen molar-refractivity contribution in [3.8, 4) is 0 Å². The Labute approximate surface area is 112 Å². The molecule has 1 aliphatic rings. The predicted molar refractivity (Wildman–Crippen MR) is 72.8 cm³/mol. The van der Waals surface area contributed by atoms with E-state index in [2.05, 4.69) is 29.4 Å². The molecule has 100 valence electrons. The molecule has 5 nitrogen and oxygen atoms in total. The number of hydrogen-bond acceptors (Lipinski definition) is 4. The quantitative estimate of drug-likeness (QED) is 0.897. The average molecular weight is 268 g/mol. The molecule has 0 aliphatic carbocycles. The largest absolute Gasteiger partial charge is 0.324 e. The van der Waals surface area contributed by atoms with Crippen molar-refractivity contribution >= 4 is 22.5 Å². The molecule has 1 N–H and O–H groups in total. The Kier molecular flexibility index (Phi) is 4.16. The third-order valence-corrected chi connectivity index (χ3v) is 4.12. The van der Waals surface area contributed by atoms with Gasteiger partial charge in [-0.25, -0.2) is 4.79 Å². The van der Waals surface area contributed by atoms with Crippen LogP contribution < -0.4 is 5.32 Å². The van der Waals surface area contributed by atoms with E-state index in [1.165, 1.54) is 17.8 Å². The second-order valence-corrected chi connectivity index (χ2v) is 6.20. The number of hydrogen-bond donors (Lipinski definition) is 1. The van der Waals surface area contributed by atoms with Crippen LogP contribution in [0.3, 0.4) is 0 Å². The topological polar surface area (TPSA) is 58.1 Å². The van der Waals surface area contributed by atoms with E-state index < -0.39 is 0 Å². The molecule has 0 bridgehead atoms. The van der Waals surface area contributed by atoms with Crippen LogP contribution in [0.1, 0.15) is 32.2 Å². The van der Waals surface area contributed by atoms with Gasteiger partial charge in [0.2, 0.25) is 5.13 Å². The van der Waals surface area contributed by atoms with Crippen LogP contribution in [-0.2, 0) is 6.42 Å². The molecule has 18 heavy (non-hydrogen) atoms. The number of anilines is 1. The molecule has 1 aliphatic heterocycles. The average Bonchev–Trinajstić information content (AvgIpc) is 2.75. The Balaban J connectivity index is 1.94. The highest BCUT2D eigenvalue weighted by molar-refractivity contribution is 7.15. The third kappa shape index (κ3) is 3.19. The normalized spacial score (nSPS) is 24.1. The van der Waals surface area contributed by atoms with Crippen molar-refractivity contribution in [2.45, 2.75) is 33.6 Å².